The lowest BCUT2D eigenvalue weighted by Gasteiger charge is -2.31. The summed E-state index contributed by atoms with van der Waals surface area (Å²) >= 11 is 3.17. The van der Waals surface area contributed by atoms with Crippen molar-refractivity contribution in [1.82, 2.24) is 4.90 Å². The number of hydrogen-bond donors (Lipinski definition) is 2. The van der Waals surface area contributed by atoms with Gasteiger partial charge in [0.05, 0.1) is 0 Å². The van der Waals surface area contributed by atoms with Gasteiger partial charge in [-0.15, -0.1) is 0 Å². The number of likely N-dealkylation sites (tertiary alicyclic amines) is 1. The molecule has 3 N–H and O–H groups in total. The van der Waals surface area contributed by atoms with Crippen LogP contribution in [0.15, 0.2) is 27.8 Å². The van der Waals surface area contributed by atoms with E-state index in [4.69, 9.17) is 10.9 Å². The highest BCUT2D eigenvalue weighted by Crippen LogP contribution is 2.21. The fourth-order valence-electron chi connectivity index (χ4n) is 2.32. The van der Waals surface area contributed by atoms with Gasteiger partial charge >= 0.3 is 0 Å². The van der Waals surface area contributed by atoms with E-state index in [0.29, 0.717) is 36.0 Å². The number of amides is 1. The fourth-order valence-corrected chi connectivity index (χ4v) is 2.79. The Morgan fingerprint density at radius 2 is 2.05 bits per heavy atom. The molecule has 108 valence electrons. The highest BCUT2D eigenvalue weighted by atomic mass is 79.9. The Balaban J connectivity index is 2.05. The van der Waals surface area contributed by atoms with Crippen LogP contribution in [-0.2, 0) is 0 Å². The van der Waals surface area contributed by atoms with Crippen molar-refractivity contribution in [2.24, 2.45) is 16.8 Å². The van der Waals surface area contributed by atoms with E-state index in [1.54, 1.807) is 11.0 Å². The minimum atomic E-state index is -0.450. The number of halogens is 2. The van der Waals surface area contributed by atoms with Gasteiger partial charge in [-0.3, -0.25) is 4.79 Å². The van der Waals surface area contributed by atoms with E-state index in [0.717, 1.165) is 0 Å². The van der Waals surface area contributed by atoms with Crippen molar-refractivity contribution < 1.29 is 14.4 Å². The van der Waals surface area contributed by atoms with Crippen molar-refractivity contribution in [3.05, 3.63) is 34.1 Å². The molecule has 0 aliphatic carbocycles. The molecule has 7 heteroatoms. The maximum atomic E-state index is 13.3. The number of nitrogens with two attached hydrogens (primary N) is 1. The van der Waals surface area contributed by atoms with Gasteiger partial charge in [-0.05, 0) is 31.0 Å². The van der Waals surface area contributed by atoms with Crippen LogP contribution in [0.5, 0.6) is 0 Å². The van der Waals surface area contributed by atoms with E-state index >= 15 is 0 Å². The number of rotatable bonds is 2. The van der Waals surface area contributed by atoms with Crippen molar-refractivity contribution in [2.45, 2.75) is 12.8 Å². The maximum Gasteiger partial charge on any atom is 0.253 e. The summed E-state index contributed by atoms with van der Waals surface area (Å²) in [6.45, 7) is 1.02. The van der Waals surface area contributed by atoms with Crippen molar-refractivity contribution in [1.29, 1.82) is 0 Å². The van der Waals surface area contributed by atoms with Gasteiger partial charge in [-0.1, -0.05) is 21.1 Å². The monoisotopic (exact) mass is 343 g/mol. The first-order valence-electron chi connectivity index (χ1n) is 6.24. The standard InChI is InChI=1S/C13H15BrFN3O2/c14-10-5-9(6-11(15)7-10)13(19)18-3-1-8(2-4-18)12(16)17-20/h5-8,20H,1-4H2,(H2,16,17). The summed E-state index contributed by atoms with van der Waals surface area (Å²) in [7, 11) is 0. The van der Waals surface area contributed by atoms with Crippen LogP contribution in [0.1, 0.15) is 23.2 Å². The number of nitrogens with zero attached hydrogens (tertiary/aromatic N) is 2. The molecule has 0 bridgehead atoms. The van der Waals surface area contributed by atoms with Crippen LogP contribution in [0.2, 0.25) is 0 Å². The molecule has 0 aromatic heterocycles. The molecule has 0 radical (unpaired) electrons. The Hall–Kier alpha value is -1.63. The van der Waals surface area contributed by atoms with E-state index < -0.39 is 5.82 Å². The van der Waals surface area contributed by atoms with Gasteiger partial charge in [0.1, 0.15) is 11.7 Å². The van der Waals surface area contributed by atoms with Crippen molar-refractivity contribution >= 4 is 27.7 Å². The van der Waals surface area contributed by atoms with E-state index in [2.05, 4.69) is 21.1 Å². The summed E-state index contributed by atoms with van der Waals surface area (Å²) in [4.78, 5) is 13.9. The van der Waals surface area contributed by atoms with E-state index in [9.17, 15) is 9.18 Å². The predicted octanol–water partition coefficient (Wildman–Crippen LogP) is 2.19. The number of carbonyl (C=O) groups is 1. The molecule has 1 aliphatic rings. The molecule has 1 aromatic carbocycles. The molecule has 0 atom stereocenters. The molecule has 0 unspecified atom stereocenters. The maximum absolute atomic E-state index is 13.3. The highest BCUT2D eigenvalue weighted by molar-refractivity contribution is 9.10. The van der Waals surface area contributed by atoms with Crippen LogP contribution < -0.4 is 5.73 Å². The van der Waals surface area contributed by atoms with Gasteiger partial charge in [-0.2, -0.15) is 0 Å². The molecule has 1 saturated heterocycles. The van der Waals surface area contributed by atoms with Crippen LogP contribution in [0.3, 0.4) is 0 Å². The third-order valence-corrected chi connectivity index (χ3v) is 3.88. The molecule has 1 fully saturated rings. The zero-order chi connectivity index (χ0) is 14.7. The van der Waals surface area contributed by atoms with Crippen molar-refractivity contribution in [2.75, 3.05) is 13.1 Å². The van der Waals surface area contributed by atoms with Crippen LogP contribution in [0.25, 0.3) is 0 Å². The first kappa shape index (κ1) is 14.8. The lowest BCUT2D eigenvalue weighted by Crippen LogP contribution is -2.41. The number of amidine groups is 1. The molecule has 1 aliphatic heterocycles. The average molecular weight is 344 g/mol. The Morgan fingerprint density at radius 1 is 1.40 bits per heavy atom. The quantitative estimate of drug-likeness (QED) is 0.374. The van der Waals surface area contributed by atoms with Crippen molar-refractivity contribution in [3.63, 3.8) is 0 Å². The molecular weight excluding hydrogens is 329 g/mol. The van der Waals surface area contributed by atoms with Gasteiger partial charge in [0, 0.05) is 29.0 Å². The first-order chi connectivity index (χ1) is 9.51. The molecule has 0 saturated carbocycles. The zero-order valence-corrected chi connectivity index (χ0v) is 12.3. The molecule has 1 amide bonds. The third-order valence-electron chi connectivity index (χ3n) is 3.43. The van der Waals surface area contributed by atoms with Gasteiger partial charge < -0.3 is 15.8 Å². The summed E-state index contributed by atoms with van der Waals surface area (Å²) in [5.74, 6) is -0.466. The SMILES string of the molecule is NC(=NO)C1CCN(C(=O)c2cc(F)cc(Br)c2)CC1. The van der Waals surface area contributed by atoms with E-state index in [1.807, 2.05) is 0 Å². The molecule has 5 nitrogen and oxygen atoms in total. The number of oxime groups is 1. The fraction of sp³-hybridized carbons (Fsp3) is 0.385. The second-order valence-electron chi connectivity index (χ2n) is 4.75. The minimum Gasteiger partial charge on any atom is -0.409 e. The molecule has 1 aromatic rings. The second kappa shape index (κ2) is 6.21. The summed E-state index contributed by atoms with van der Waals surface area (Å²) in [5.41, 5.74) is 5.88. The lowest BCUT2D eigenvalue weighted by molar-refractivity contribution is 0.0708. The van der Waals surface area contributed by atoms with E-state index in [1.165, 1.54) is 12.1 Å². The number of carbonyl (C=O) groups excluding carboxylic acids is 1. The predicted molar refractivity (Wildman–Crippen MR) is 76.1 cm³/mol. The molecule has 1 heterocycles. The van der Waals surface area contributed by atoms with Gasteiger partial charge in [-0.25, -0.2) is 4.39 Å². The van der Waals surface area contributed by atoms with Gasteiger partial charge in [0.15, 0.2) is 0 Å². The molecule has 20 heavy (non-hydrogen) atoms. The van der Waals surface area contributed by atoms with Crippen LogP contribution in [-0.4, -0.2) is 34.9 Å². The zero-order valence-electron chi connectivity index (χ0n) is 10.7. The largest absolute Gasteiger partial charge is 0.409 e. The van der Waals surface area contributed by atoms with Crippen molar-refractivity contribution in [3.8, 4) is 0 Å². The Kier molecular flexibility index (Phi) is 4.59. The molecule has 0 spiro atoms. The third kappa shape index (κ3) is 3.27. The van der Waals surface area contributed by atoms with Gasteiger partial charge in [0.25, 0.3) is 5.91 Å². The number of hydrogen-bond acceptors (Lipinski definition) is 3. The Morgan fingerprint density at radius 3 is 2.60 bits per heavy atom. The Bertz CT molecular complexity index is 522. The number of benzene rings is 1. The van der Waals surface area contributed by atoms with Gasteiger partial charge in [0.2, 0.25) is 0 Å². The summed E-state index contributed by atoms with van der Waals surface area (Å²) in [6.07, 6.45) is 1.27. The normalized spacial score (nSPS) is 17.3. The summed E-state index contributed by atoms with van der Waals surface area (Å²) in [6, 6.07) is 4.13. The molecular formula is C13H15BrFN3O2. The van der Waals surface area contributed by atoms with Crippen LogP contribution in [0.4, 0.5) is 4.39 Å². The molecule has 2 rings (SSSR count). The minimum absolute atomic E-state index is 0.0108. The highest BCUT2D eigenvalue weighted by Gasteiger charge is 2.26. The summed E-state index contributed by atoms with van der Waals surface area (Å²) in [5, 5.41) is 11.6. The second-order valence-corrected chi connectivity index (χ2v) is 5.67. The van der Waals surface area contributed by atoms with Crippen LogP contribution >= 0.6 is 15.9 Å². The first-order valence-corrected chi connectivity index (χ1v) is 7.03. The number of piperidine rings is 1. The summed E-state index contributed by atoms with van der Waals surface area (Å²) < 4.78 is 13.8. The topological polar surface area (TPSA) is 78.9 Å². The lowest BCUT2D eigenvalue weighted by atomic mass is 9.95. The van der Waals surface area contributed by atoms with Crippen LogP contribution in [0, 0.1) is 11.7 Å². The van der Waals surface area contributed by atoms with E-state index in [-0.39, 0.29) is 17.7 Å². The smallest absolute Gasteiger partial charge is 0.253 e. The Labute approximate surface area is 124 Å². The average Bonchev–Trinajstić information content (AvgIpc) is 2.45.